The molecule has 136 valence electrons. The van der Waals surface area contributed by atoms with Gasteiger partial charge in [-0.25, -0.2) is 8.42 Å². The van der Waals surface area contributed by atoms with Crippen molar-refractivity contribution < 1.29 is 17.7 Å². The summed E-state index contributed by atoms with van der Waals surface area (Å²) in [6.45, 7) is 3.58. The monoisotopic (exact) mass is 392 g/mol. The molecule has 0 bridgehead atoms. The van der Waals surface area contributed by atoms with E-state index in [-0.39, 0.29) is 10.6 Å². The van der Waals surface area contributed by atoms with Gasteiger partial charge in [0.25, 0.3) is 10.0 Å². The normalized spacial score (nSPS) is 11.4. The fourth-order valence-electron chi connectivity index (χ4n) is 2.67. The van der Waals surface area contributed by atoms with Crippen LogP contribution in [0.3, 0.4) is 0 Å². The van der Waals surface area contributed by atoms with E-state index in [0.717, 1.165) is 5.56 Å². The Morgan fingerprint density at radius 3 is 2.38 bits per heavy atom. The second-order valence-electron chi connectivity index (χ2n) is 5.68. The molecular weight excluding hydrogens is 376 g/mol. The maximum absolute atomic E-state index is 12.9. The van der Waals surface area contributed by atoms with Crippen molar-refractivity contribution in [2.45, 2.75) is 18.7 Å². The quantitative estimate of drug-likeness (QED) is 0.695. The van der Waals surface area contributed by atoms with Crippen LogP contribution in [0.4, 0.5) is 5.69 Å². The number of methoxy groups -OCH3 is 1. The van der Waals surface area contributed by atoms with Gasteiger partial charge in [-0.15, -0.1) is 0 Å². The molecule has 1 aromatic heterocycles. The van der Waals surface area contributed by atoms with Crippen LogP contribution < -0.4 is 9.46 Å². The fourth-order valence-corrected chi connectivity index (χ4v) is 4.05. The topological polar surface area (TPSA) is 81.4 Å². The summed E-state index contributed by atoms with van der Waals surface area (Å²) in [6, 6.07) is 11.3. The smallest absolute Gasteiger partial charge is 0.265 e. The van der Waals surface area contributed by atoms with Gasteiger partial charge in [0, 0.05) is 16.3 Å². The number of benzene rings is 2. The van der Waals surface area contributed by atoms with Gasteiger partial charge in [-0.3, -0.25) is 4.72 Å². The first kappa shape index (κ1) is 18.3. The largest absolute Gasteiger partial charge is 0.495 e. The van der Waals surface area contributed by atoms with Gasteiger partial charge in [-0.05, 0) is 55.8 Å². The molecule has 26 heavy (non-hydrogen) atoms. The molecule has 0 amide bonds. The number of nitrogens with zero attached hydrogens (tertiary/aromatic N) is 1. The lowest BCUT2D eigenvalue weighted by Crippen LogP contribution is -2.14. The minimum Gasteiger partial charge on any atom is -0.495 e. The van der Waals surface area contributed by atoms with E-state index in [4.69, 9.17) is 20.9 Å². The SMILES string of the molecule is COc1ccc(-c2c(C)noc2C)cc1S(=O)(=O)Nc1ccc(Cl)cc1. The minimum atomic E-state index is -3.88. The number of aryl methyl sites for hydroxylation is 2. The molecule has 2 aromatic carbocycles. The number of aromatic nitrogens is 1. The lowest BCUT2D eigenvalue weighted by atomic mass is 10.0. The number of sulfonamides is 1. The highest BCUT2D eigenvalue weighted by molar-refractivity contribution is 7.92. The third-order valence-corrected chi connectivity index (χ3v) is 5.53. The van der Waals surface area contributed by atoms with Crippen LogP contribution in [0.5, 0.6) is 5.75 Å². The van der Waals surface area contributed by atoms with E-state index in [9.17, 15) is 8.42 Å². The first-order valence-electron chi connectivity index (χ1n) is 7.71. The van der Waals surface area contributed by atoms with Crippen molar-refractivity contribution in [3.8, 4) is 16.9 Å². The van der Waals surface area contributed by atoms with Crippen molar-refractivity contribution in [2.24, 2.45) is 0 Å². The summed E-state index contributed by atoms with van der Waals surface area (Å²) in [5.41, 5.74) is 2.52. The summed E-state index contributed by atoms with van der Waals surface area (Å²) >= 11 is 5.84. The van der Waals surface area contributed by atoms with Crippen molar-refractivity contribution in [2.75, 3.05) is 11.8 Å². The van der Waals surface area contributed by atoms with Crippen molar-refractivity contribution in [1.29, 1.82) is 0 Å². The minimum absolute atomic E-state index is 0.0208. The zero-order chi connectivity index (χ0) is 18.9. The molecule has 0 radical (unpaired) electrons. The molecule has 0 saturated heterocycles. The van der Waals surface area contributed by atoms with E-state index in [1.165, 1.54) is 7.11 Å². The van der Waals surface area contributed by atoms with Gasteiger partial charge in [-0.2, -0.15) is 0 Å². The molecule has 0 atom stereocenters. The van der Waals surface area contributed by atoms with Crippen LogP contribution in [0.15, 0.2) is 51.9 Å². The first-order valence-corrected chi connectivity index (χ1v) is 9.57. The van der Waals surface area contributed by atoms with Gasteiger partial charge in [0.05, 0.1) is 12.8 Å². The van der Waals surface area contributed by atoms with E-state index in [0.29, 0.717) is 27.7 Å². The van der Waals surface area contributed by atoms with Crippen LogP contribution in [-0.4, -0.2) is 20.7 Å². The number of hydrogen-bond acceptors (Lipinski definition) is 5. The molecule has 0 saturated carbocycles. The molecule has 3 rings (SSSR count). The molecule has 0 unspecified atom stereocenters. The summed E-state index contributed by atoms with van der Waals surface area (Å²) in [7, 11) is -2.45. The Kier molecular flexibility index (Phi) is 4.93. The number of anilines is 1. The Labute approximate surface area is 156 Å². The van der Waals surface area contributed by atoms with Crippen molar-refractivity contribution in [3.63, 3.8) is 0 Å². The number of rotatable bonds is 5. The number of nitrogens with one attached hydrogen (secondary N) is 1. The van der Waals surface area contributed by atoms with Crippen molar-refractivity contribution in [1.82, 2.24) is 5.16 Å². The van der Waals surface area contributed by atoms with Crippen LogP contribution in [0.2, 0.25) is 5.02 Å². The number of hydrogen-bond donors (Lipinski definition) is 1. The van der Waals surface area contributed by atoms with E-state index < -0.39 is 10.0 Å². The Hall–Kier alpha value is -2.51. The highest BCUT2D eigenvalue weighted by Gasteiger charge is 2.22. The molecule has 1 N–H and O–H groups in total. The zero-order valence-electron chi connectivity index (χ0n) is 14.4. The van der Waals surface area contributed by atoms with Crippen LogP contribution in [0, 0.1) is 13.8 Å². The number of ether oxygens (including phenoxy) is 1. The Morgan fingerprint density at radius 2 is 1.81 bits per heavy atom. The second kappa shape index (κ2) is 7.01. The molecule has 3 aromatic rings. The molecule has 0 aliphatic carbocycles. The maximum Gasteiger partial charge on any atom is 0.265 e. The summed E-state index contributed by atoms with van der Waals surface area (Å²) in [5.74, 6) is 0.851. The van der Waals surface area contributed by atoms with Crippen LogP contribution >= 0.6 is 11.6 Å². The van der Waals surface area contributed by atoms with E-state index in [1.807, 2.05) is 0 Å². The van der Waals surface area contributed by atoms with Gasteiger partial charge in [0.2, 0.25) is 0 Å². The standard InChI is InChI=1S/C18H17ClN2O4S/c1-11-18(12(2)25-20-11)13-4-9-16(24-3)17(10-13)26(22,23)21-15-7-5-14(19)6-8-15/h4-10,21H,1-3H3. The van der Waals surface area contributed by atoms with Crippen molar-refractivity contribution in [3.05, 3.63) is 58.9 Å². The molecule has 0 fully saturated rings. The highest BCUT2D eigenvalue weighted by Crippen LogP contribution is 2.34. The Bertz CT molecular complexity index is 1020. The lowest BCUT2D eigenvalue weighted by molar-refractivity contribution is 0.393. The summed E-state index contributed by atoms with van der Waals surface area (Å²) in [5, 5.41) is 4.44. The summed E-state index contributed by atoms with van der Waals surface area (Å²) < 4.78 is 38.7. The second-order valence-corrected chi connectivity index (χ2v) is 7.76. The van der Waals surface area contributed by atoms with Crippen LogP contribution in [0.1, 0.15) is 11.5 Å². The third kappa shape index (κ3) is 3.54. The number of halogens is 1. The highest BCUT2D eigenvalue weighted by atomic mass is 35.5. The van der Waals surface area contributed by atoms with Gasteiger partial charge in [-0.1, -0.05) is 22.8 Å². The van der Waals surface area contributed by atoms with Crippen LogP contribution in [0.25, 0.3) is 11.1 Å². The molecule has 1 heterocycles. The van der Waals surface area contributed by atoms with Crippen LogP contribution in [-0.2, 0) is 10.0 Å². The fraction of sp³-hybridized carbons (Fsp3) is 0.167. The predicted octanol–water partition coefficient (Wildman–Crippen LogP) is 4.42. The molecule has 0 spiro atoms. The average Bonchev–Trinajstić information content (AvgIpc) is 2.95. The predicted molar refractivity (Wildman–Crippen MR) is 100 cm³/mol. The van der Waals surface area contributed by atoms with E-state index in [1.54, 1.807) is 56.3 Å². The third-order valence-electron chi connectivity index (χ3n) is 3.87. The Balaban J connectivity index is 2.07. The maximum atomic E-state index is 12.9. The van der Waals surface area contributed by atoms with Gasteiger partial charge >= 0.3 is 0 Å². The Morgan fingerprint density at radius 1 is 1.12 bits per heavy atom. The molecule has 8 heteroatoms. The molecule has 0 aliphatic heterocycles. The first-order chi connectivity index (χ1) is 12.3. The van der Waals surface area contributed by atoms with Gasteiger partial charge < -0.3 is 9.26 Å². The lowest BCUT2D eigenvalue weighted by Gasteiger charge is -2.13. The van der Waals surface area contributed by atoms with E-state index >= 15 is 0 Å². The molecular formula is C18H17ClN2O4S. The molecule has 0 aliphatic rings. The average molecular weight is 393 g/mol. The zero-order valence-corrected chi connectivity index (χ0v) is 16.0. The van der Waals surface area contributed by atoms with Gasteiger partial charge in [0.1, 0.15) is 16.4 Å². The van der Waals surface area contributed by atoms with E-state index in [2.05, 4.69) is 9.88 Å². The summed E-state index contributed by atoms with van der Waals surface area (Å²) in [6.07, 6.45) is 0. The summed E-state index contributed by atoms with van der Waals surface area (Å²) in [4.78, 5) is 0.0208. The van der Waals surface area contributed by atoms with Crippen molar-refractivity contribution >= 4 is 27.3 Å². The molecule has 6 nitrogen and oxygen atoms in total. The van der Waals surface area contributed by atoms with Gasteiger partial charge in [0.15, 0.2) is 0 Å².